The second-order valence-electron chi connectivity index (χ2n) is 3.15. The zero-order valence-electron chi connectivity index (χ0n) is 8.33. The summed E-state index contributed by atoms with van der Waals surface area (Å²) in [6, 6.07) is 2.10. The summed E-state index contributed by atoms with van der Waals surface area (Å²) in [5, 5.41) is 4.27. The zero-order chi connectivity index (χ0) is 9.68. The van der Waals surface area contributed by atoms with Crippen molar-refractivity contribution >= 4 is 0 Å². The quantitative estimate of drug-likeness (QED) is 0.705. The van der Waals surface area contributed by atoms with Crippen LogP contribution in [0.15, 0.2) is 18.2 Å². The van der Waals surface area contributed by atoms with Crippen molar-refractivity contribution < 1.29 is 0 Å². The summed E-state index contributed by atoms with van der Waals surface area (Å²) < 4.78 is 1.92. The molecule has 2 N–H and O–H groups in total. The highest BCUT2D eigenvalue weighted by Gasteiger charge is 1.97. The molecule has 3 heteroatoms. The van der Waals surface area contributed by atoms with Crippen molar-refractivity contribution in [1.29, 1.82) is 0 Å². The molecule has 3 nitrogen and oxygen atoms in total. The van der Waals surface area contributed by atoms with Gasteiger partial charge in [0.15, 0.2) is 0 Å². The molecule has 0 unspecified atom stereocenters. The predicted octanol–water partition coefficient (Wildman–Crippen LogP) is 1.18. The molecule has 1 aromatic heterocycles. The summed E-state index contributed by atoms with van der Waals surface area (Å²) >= 11 is 0. The van der Waals surface area contributed by atoms with Crippen LogP contribution in [0.5, 0.6) is 0 Å². The Bertz CT molecular complexity index is 286. The lowest BCUT2D eigenvalue weighted by atomic mass is 10.2. The second kappa shape index (κ2) is 4.82. The number of aromatic nitrogens is 2. The van der Waals surface area contributed by atoms with Gasteiger partial charge >= 0.3 is 0 Å². The molecule has 0 aliphatic rings. The molecule has 0 aromatic carbocycles. The summed E-state index contributed by atoms with van der Waals surface area (Å²) in [5.41, 5.74) is 7.69. The van der Waals surface area contributed by atoms with E-state index in [0.717, 1.165) is 25.1 Å². The molecule has 1 heterocycles. The van der Waals surface area contributed by atoms with Crippen molar-refractivity contribution in [2.24, 2.45) is 12.8 Å². The van der Waals surface area contributed by atoms with Crippen LogP contribution in [0.25, 0.3) is 0 Å². The molecule has 72 valence electrons. The number of allylic oxidation sites excluding steroid dienone is 1. The predicted molar refractivity (Wildman–Crippen MR) is 54.5 cm³/mol. The Hall–Kier alpha value is -1.09. The van der Waals surface area contributed by atoms with Gasteiger partial charge < -0.3 is 5.73 Å². The molecule has 0 fully saturated rings. The number of hydrogen-bond donors (Lipinski definition) is 1. The van der Waals surface area contributed by atoms with E-state index in [-0.39, 0.29) is 0 Å². The van der Waals surface area contributed by atoms with Crippen molar-refractivity contribution in [3.8, 4) is 0 Å². The van der Waals surface area contributed by atoms with E-state index in [2.05, 4.69) is 23.3 Å². The van der Waals surface area contributed by atoms with Gasteiger partial charge in [0, 0.05) is 19.2 Å². The summed E-state index contributed by atoms with van der Waals surface area (Å²) in [5.74, 6) is 0. The second-order valence-corrected chi connectivity index (χ2v) is 3.15. The van der Waals surface area contributed by atoms with Gasteiger partial charge in [0.1, 0.15) is 0 Å². The van der Waals surface area contributed by atoms with E-state index in [9.17, 15) is 0 Å². The average Bonchev–Trinajstić information content (AvgIpc) is 2.39. The van der Waals surface area contributed by atoms with Gasteiger partial charge in [0.05, 0.1) is 5.69 Å². The Morgan fingerprint density at radius 2 is 2.31 bits per heavy atom. The maximum atomic E-state index is 5.37. The number of aryl methyl sites for hydroxylation is 2. The van der Waals surface area contributed by atoms with E-state index in [1.807, 2.05) is 18.7 Å². The lowest BCUT2D eigenvalue weighted by Crippen LogP contribution is -1.97. The summed E-state index contributed by atoms with van der Waals surface area (Å²) in [6.07, 6.45) is 6.15. The van der Waals surface area contributed by atoms with Gasteiger partial charge in [-0.2, -0.15) is 5.10 Å². The van der Waals surface area contributed by atoms with Crippen molar-refractivity contribution in [3.05, 3.63) is 29.6 Å². The topological polar surface area (TPSA) is 43.8 Å². The van der Waals surface area contributed by atoms with Crippen LogP contribution in [-0.2, 0) is 13.5 Å². The van der Waals surface area contributed by atoms with Crippen LogP contribution >= 0.6 is 0 Å². The molecule has 0 atom stereocenters. The fourth-order valence-electron chi connectivity index (χ4n) is 1.27. The first-order valence-electron chi connectivity index (χ1n) is 4.58. The highest BCUT2D eigenvalue weighted by atomic mass is 15.3. The third kappa shape index (κ3) is 3.03. The Balaban J connectivity index is 2.49. The third-order valence-corrected chi connectivity index (χ3v) is 1.93. The SMILES string of the molecule is Cc1cc(CC=CCCN)n(C)n1. The molecule has 0 spiro atoms. The van der Waals surface area contributed by atoms with E-state index < -0.39 is 0 Å². The molecular formula is C10H17N3. The van der Waals surface area contributed by atoms with Gasteiger partial charge in [0.2, 0.25) is 0 Å². The van der Waals surface area contributed by atoms with E-state index >= 15 is 0 Å². The number of rotatable bonds is 4. The zero-order valence-corrected chi connectivity index (χ0v) is 8.33. The van der Waals surface area contributed by atoms with Crippen LogP contribution in [-0.4, -0.2) is 16.3 Å². The molecule has 0 aliphatic carbocycles. The Labute approximate surface area is 79.2 Å². The minimum absolute atomic E-state index is 0.723. The van der Waals surface area contributed by atoms with Crippen molar-refractivity contribution in [2.75, 3.05) is 6.54 Å². The Morgan fingerprint density at radius 3 is 2.85 bits per heavy atom. The first-order valence-corrected chi connectivity index (χ1v) is 4.58. The fraction of sp³-hybridized carbons (Fsp3) is 0.500. The minimum Gasteiger partial charge on any atom is -0.330 e. The van der Waals surface area contributed by atoms with Crippen molar-refractivity contribution in [3.63, 3.8) is 0 Å². The smallest absolute Gasteiger partial charge is 0.0596 e. The van der Waals surface area contributed by atoms with Crippen molar-refractivity contribution in [1.82, 2.24) is 9.78 Å². The minimum atomic E-state index is 0.723. The van der Waals surface area contributed by atoms with E-state index in [1.54, 1.807) is 0 Å². The molecule has 0 saturated carbocycles. The van der Waals surface area contributed by atoms with Crippen LogP contribution in [0.2, 0.25) is 0 Å². The molecule has 13 heavy (non-hydrogen) atoms. The van der Waals surface area contributed by atoms with Crippen LogP contribution in [0, 0.1) is 6.92 Å². The molecule has 0 bridgehead atoms. The fourth-order valence-corrected chi connectivity index (χ4v) is 1.27. The summed E-state index contributed by atoms with van der Waals surface area (Å²) in [6.45, 7) is 2.73. The number of nitrogens with two attached hydrogens (primary N) is 1. The summed E-state index contributed by atoms with van der Waals surface area (Å²) in [7, 11) is 1.97. The number of hydrogen-bond acceptors (Lipinski definition) is 2. The van der Waals surface area contributed by atoms with Gasteiger partial charge in [-0.05, 0) is 26.0 Å². The van der Waals surface area contributed by atoms with Gasteiger partial charge in [-0.25, -0.2) is 0 Å². The van der Waals surface area contributed by atoms with Crippen LogP contribution < -0.4 is 5.73 Å². The molecule has 1 aromatic rings. The van der Waals surface area contributed by atoms with Crippen LogP contribution in [0.3, 0.4) is 0 Å². The molecule has 0 amide bonds. The summed E-state index contributed by atoms with van der Waals surface area (Å²) in [4.78, 5) is 0. The maximum absolute atomic E-state index is 5.37. The van der Waals surface area contributed by atoms with E-state index in [1.165, 1.54) is 5.69 Å². The third-order valence-electron chi connectivity index (χ3n) is 1.93. The van der Waals surface area contributed by atoms with Gasteiger partial charge in [-0.15, -0.1) is 0 Å². The molecule has 0 saturated heterocycles. The normalized spacial score (nSPS) is 11.3. The Kier molecular flexibility index (Phi) is 3.71. The highest BCUT2D eigenvalue weighted by molar-refractivity contribution is 5.11. The lowest BCUT2D eigenvalue weighted by Gasteiger charge is -1.95. The van der Waals surface area contributed by atoms with E-state index in [0.29, 0.717) is 0 Å². The maximum Gasteiger partial charge on any atom is 0.0596 e. The lowest BCUT2D eigenvalue weighted by molar-refractivity contribution is 0.719. The molecule has 0 radical (unpaired) electrons. The van der Waals surface area contributed by atoms with Crippen molar-refractivity contribution in [2.45, 2.75) is 19.8 Å². The molecule has 0 aliphatic heterocycles. The first-order chi connectivity index (χ1) is 6.24. The standard InChI is InChI=1S/C10H17N3/c1-9-8-10(13(2)12-9)6-4-3-5-7-11/h3-4,8H,5-7,11H2,1-2H3. The monoisotopic (exact) mass is 179 g/mol. The van der Waals surface area contributed by atoms with E-state index in [4.69, 9.17) is 5.73 Å². The van der Waals surface area contributed by atoms with Crippen LogP contribution in [0.4, 0.5) is 0 Å². The number of nitrogens with zero attached hydrogens (tertiary/aromatic N) is 2. The largest absolute Gasteiger partial charge is 0.330 e. The van der Waals surface area contributed by atoms with Gasteiger partial charge in [-0.3, -0.25) is 4.68 Å². The van der Waals surface area contributed by atoms with Crippen LogP contribution in [0.1, 0.15) is 17.8 Å². The molecular weight excluding hydrogens is 162 g/mol. The van der Waals surface area contributed by atoms with Gasteiger partial charge in [0.25, 0.3) is 0 Å². The average molecular weight is 179 g/mol. The highest BCUT2D eigenvalue weighted by Crippen LogP contribution is 2.03. The Morgan fingerprint density at radius 1 is 1.54 bits per heavy atom. The molecule has 1 rings (SSSR count). The first kappa shape index (κ1) is 9.99. The van der Waals surface area contributed by atoms with Gasteiger partial charge in [-0.1, -0.05) is 12.2 Å².